The molecule has 0 fully saturated rings. The topological polar surface area (TPSA) is 168 Å². The Bertz CT molecular complexity index is 1490. The summed E-state index contributed by atoms with van der Waals surface area (Å²) in [6.45, 7) is 8.12. The van der Waals surface area contributed by atoms with Gasteiger partial charge >= 0.3 is 5.97 Å². The van der Waals surface area contributed by atoms with Crippen molar-refractivity contribution in [2.24, 2.45) is 21.8 Å². The molecule has 7 atom stereocenters. The Hall–Kier alpha value is -3.94. The lowest BCUT2D eigenvalue weighted by Gasteiger charge is -2.33. The largest absolute Gasteiger partial charge is 0.473 e. The third kappa shape index (κ3) is 11.0. The number of allylic oxidation sites excluding steroid dienone is 2. The van der Waals surface area contributed by atoms with Crippen molar-refractivity contribution in [1.82, 2.24) is 4.98 Å². The van der Waals surface area contributed by atoms with Gasteiger partial charge in [0.15, 0.2) is 11.7 Å². The third-order valence-corrected chi connectivity index (χ3v) is 9.38. The van der Waals surface area contributed by atoms with Gasteiger partial charge in [-0.15, -0.1) is 0 Å². The number of hydrogen-bond acceptors (Lipinski definition) is 13. The second kappa shape index (κ2) is 18.9. The maximum atomic E-state index is 13.2. The van der Waals surface area contributed by atoms with Crippen LogP contribution in [0.2, 0.25) is 0 Å². The molecular formula is C37H51N3O10. The smallest absolute Gasteiger partial charge is 0.309 e. The highest BCUT2D eigenvalue weighted by Gasteiger charge is 2.34. The number of ether oxygens (including phenoxy) is 5. The molecule has 0 radical (unpaired) electrons. The molecule has 50 heavy (non-hydrogen) atoms. The number of esters is 1. The molecule has 1 aromatic heterocycles. The van der Waals surface area contributed by atoms with Gasteiger partial charge in [-0.25, -0.2) is 15.0 Å². The third-order valence-electron chi connectivity index (χ3n) is 9.38. The average Bonchev–Trinajstić information content (AvgIpc) is 3.88. The number of nitrogens with zero attached hydrogens (tertiary/aromatic N) is 3. The molecule has 1 N–H and O–H groups in total. The van der Waals surface area contributed by atoms with Crippen LogP contribution < -0.4 is 0 Å². The minimum atomic E-state index is -1.14. The molecule has 1 aromatic rings. The van der Waals surface area contributed by atoms with Gasteiger partial charge in [0.1, 0.15) is 37.1 Å². The minimum Gasteiger partial charge on any atom is -0.473 e. The molecule has 0 amide bonds. The van der Waals surface area contributed by atoms with Crippen LogP contribution in [0.15, 0.2) is 50.2 Å². The summed E-state index contributed by atoms with van der Waals surface area (Å²) in [6.07, 6.45) is 8.01. The summed E-state index contributed by atoms with van der Waals surface area (Å²) in [5.41, 5.74) is 1.88. The fourth-order valence-corrected chi connectivity index (χ4v) is 6.09. The van der Waals surface area contributed by atoms with E-state index in [1.165, 1.54) is 12.3 Å². The van der Waals surface area contributed by atoms with E-state index in [9.17, 15) is 19.5 Å². The Morgan fingerprint density at radius 2 is 1.98 bits per heavy atom. The second-order valence-electron chi connectivity index (χ2n) is 13.1. The number of cyclic esters (lactones) is 1. The Morgan fingerprint density at radius 3 is 2.72 bits per heavy atom. The Labute approximate surface area is 293 Å². The van der Waals surface area contributed by atoms with Gasteiger partial charge in [0.2, 0.25) is 17.7 Å². The van der Waals surface area contributed by atoms with Gasteiger partial charge in [-0.3, -0.25) is 14.4 Å². The van der Waals surface area contributed by atoms with Crippen molar-refractivity contribution in [1.29, 1.82) is 0 Å². The van der Waals surface area contributed by atoms with Gasteiger partial charge in [-0.05, 0) is 37.3 Å². The molecule has 0 aliphatic carbocycles. The first kappa shape index (κ1) is 38.9. The Balaban J connectivity index is 1.57. The molecule has 13 nitrogen and oxygen atoms in total. The van der Waals surface area contributed by atoms with E-state index in [0.29, 0.717) is 61.2 Å². The highest BCUT2D eigenvalue weighted by atomic mass is 16.6. The van der Waals surface area contributed by atoms with Crippen molar-refractivity contribution < 1.29 is 47.6 Å². The normalized spacial score (nSPS) is 29.3. The van der Waals surface area contributed by atoms with Crippen molar-refractivity contribution >= 4 is 35.4 Å². The van der Waals surface area contributed by atoms with Gasteiger partial charge < -0.3 is 33.2 Å². The second-order valence-corrected chi connectivity index (χ2v) is 13.1. The van der Waals surface area contributed by atoms with Crippen LogP contribution in [0, 0.1) is 11.8 Å². The molecule has 4 heterocycles. The first-order valence-electron chi connectivity index (χ1n) is 17.4. The number of Topliss-reactive ketones (excluding diaryl/α,β-unsaturated/α-hetero) is 2. The van der Waals surface area contributed by atoms with Crippen LogP contribution in [-0.4, -0.2) is 97.3 Å². The SMILES string of the molecule is CCC(=O)CC[C@H](C)[C@H](C[C@@H]1OC(=O)C[C@@H](O)/C=C/CC(=O)C/C(C)=C2\COC(=N2)C2COC(=N2)c2coc(n2)/C=C/C[C@H](OC)[C@H]1C)OC. The van der Waals surface area contributed by atoms with Gasteiger partial charge in [-0.2, -0.15) is 0 Å². The highest BCUT2D eigenvalue weighted by molar-refractivity contribution is 5.97. The maximum absolute atomic E-state index is 13.2. The molecule has 0 saturated heterocycles. The number of aliphatic hydroxyl groups excluding tert-OH is 1. The fourth-order valence-electron chi connectivity index (χ4n) is 6.09. The number of hydrogen-bond donors (Lipinski definition) is 1. The number of methoxy groups -OCH3 is 2. The summed E-state index contributed by atoms with van der Waals surface area (Å²) >= 11 is 0. The molecule has 274 valence electrons. The lowest BCUT2D eigenvalue weighted by molar-refractivity contribution is -0.159. The summed E-state index contributed by atoms with van der Waals surface area (Å²) in [5.74, 6) is 0.351. The van der Waals surface area contributed by atoms with E-state index in [2.05, 4.69) is 15.0 Å². The number of carbonyl (C=O) groups is 3. The summed E-state index contributed by atoms with van der Waals surface area (Å²) < 4.78 is 35.0. The van der Waals surface area contributed by atoms with E-state index in [-0.39, 0.29) is 68.1 Å². The Kier molecular flexibility index (Phi) is 14.7. The van der Waals surface area contributed by atoms with E-state index in [0.717, 1.165) is 5.57 Å². The molecule has 0 aromatic carbocycles. The lowest BCUT2D eigenvalue weighted by atomic mass is 9.87. The fraction of sp³-hybridized carbons (Fsp3) is 0.622. The van der Waals surface area contributed by atoms with Crippen molar-refractivity contribution in [3.8, 4) is 0 Å². The molecular weight excluding hydrogens is 646 g/mol. The van der Waals surface area contributed by atoms with Gasteiger partial charge in [0.05, 0.1) is 30.4 Å². The average molecular weight is 698 g/mol. The zero-order valence-corrected chi connectivity index (χ0v) is 30.0. The number of ketones is 2. The molecule has 6 bridgehead atoms. The molecule has 3 aliphatic heterocycles. The van der Waals surface area contributed by atoms with E-state index in [1.54, 1.807) is 26.4 Å². The monoisotopic (exact) mass is 697 g/mol. The first-order valence-corrected chi connectivity index (χ1v) is 17.4. The van der Waals surface area contributed by atoms with Crippen LogP contribution >= 0.6 is 0 Å². The van der Waals surface area contributed by atoms with Crippen molar-refractivity contribution in [3.63, 3.8) is 0 Å². The molecule has 3 aliphatic rings. The van der Waals surface area contributed by atoms with Gasteiger partial charge in [0.25, 0.3) is 0 Å². The predicted octanol–water partition coefficient (Wildman–Crippen LogP) is 4.96. The van der Waals surface area contributed by atoms with E-state index in [4.69, 9.17) is 28.1 Å². The van der Waals surface area contributed by atoms with Crippen LogP contribution in [0.3, 0.4) is 0 Å². The predicted molar refractivity (Wildman–Crippen MR) is 185 cm³/mol. The molecule has 13 heteroatoms. The van der Waals surface area contributed by atoms with Crippen LogP contribution in [0.5, 0.6) is 0 Å². The van der Waals surface area contributed by atoms with Gasteiger partial charge in [-0.1, -0.05) is 39.0 Å². The van der Waals surface area contributed by atoms with Gasteiger partial charge in [0, 0.05) is 52.2 Å². The number of carbonyl (C=O) groups excluding carboxylic acids is 3. The van der Waals surface area contributed by atoms with Crippen molar-refractivity contribution in [2.45, 2.75) is 110 Å². The molecule has 1 unspecified atom stereocenters. The van der Waals surface area contributed by atoms with Crippen molar-refractivity contribution in [3.05, 3.63) is 47.3 Å². The van der Waals surface area contributed by atoms with E-state index >= 15 is 0 Å². The van der Waals surface area contributed by atoms with Crippen LogP contribution in [-0.2, 0) is 38.1 Å². The lowest BCUT2D eigenvalue weighted by Crippen LogP contribution is -2.39. The quantitative estimate of drug-likeness (QED) is 0.274. The summed E-state index contributed by atoms with van der Waals surface area (Å²) in [4.78, 5) is 51.6. The summed E-state index contributed by atoms with van der Waals surface area (Å²) in [5, 5.41) is 10.6. The van der Waals surface area contributed by atoms with Crippen molar-refractivity contribution in [2.75, 3.05) is 27.4 Å². The zero-order chi connectivity index (χ0) is 36.2. The van der Waals surface area contributed by atoms with Crippen LogP contribution in [0.1, 0.15) is 90.6 Å². The number of aliphatic imine (C=N–C) groups is 2. The highest BCUT2D eigenvalue weighted by Crippen LogP contribution is 2.28. The number of aliphatic hydroxyl groups is 1. The summed E-state index contributed by atoms with van der Waals surface area (Å²) in [7, 11) is 3.21. The standard InChI is InChI=1S/C37H51N3O10/c1-7-25(41)15-14-22(2)32(46-6)18-33-24(4)31(45-5)12-9-13-34-38-29(20-47-34)36-40-30(21-49-36)37-39-28(19-48-37)23(3)16-26(42)10-8-11-27(43)17-35(44)50-33/h8-9,11,13,20,22,24,27,30-33,43H,7,10,12,14-19,21H2,1-6H3/b11-8+,13-9+,28-23+/t22-,24+,27-,30?,31-,32-,33-/m0/s1. The van der Waals surface area contributed by atoms with Crippen LogP contribution in [0.25, 0.3) is 6.08 Å². The molecule has 0 saturated carbocycles. The van der Waals surface area contributed by atoms with Crippen LogP contribution in [0.4, 0.5) is 0 Å². The summed E-state index contributed by atoms with van der Waals surface area (Å²) in [6, 6.07) is -0.443. The maximum Gasteiger partial charge on any atom is 0.309 e. The number of rotatable bonds is 9. The molecule has 0 spiro atoms. The number of oxazole rings is 1. The zero-order valence-electron chi connectivity index (χ0n) is 30.0. The van der Waals surface area contributed by atoms with E-state index < -0.39 is 24.2 Å². The number of aromatic nitrogens is 1. The minimum absolute atomic E-state index is 0.0256. The molecule has 4 rings (SSSR count). The first-order chi connectivity index (χ1) is 24.0. The Morgan fingerprint density at radius 1 is 1.18 bits per heavy atom. The number of fused-ring (bicyclic) bond motifs is 6. The van der Waals surface area contributed by atoms with E-state index in [1.807, 2.05) is 33.8 Å².